The Kier molecular flexibility index (Phi) is 4.59. The van der Waals surface area contributed by atoms with Gasteiger partial charge in [0, 0.05) is 16.6 Å². The monoisotopic (exact) mass is 361 g/mol. The smallest absolute Gasteiger partial charge is 0.426 e. The number of hydrogen-bond acceptors (Lipinski definition) is 2. The number of aromatic nitrogens is 1. The van der Waals surface area contributed by atoms with Crippen molar-refractivity contribution in [3.05, 3.63) is 95.9 Å². The standard InChI is InChI=1S/C21H14BClFNO/c23-18-10-6-16(7-11-18)22(17-8-12-19(24)13-9-17)26-20-5-1-3-15-4-2-14-25-21(15)20/h1-14H. The molecule has 3 aromatic carbocycles. The summed E-state index contributed by atoms with van der Waals surface area (Å²) in [5.41, 5.74) is 2.56. The number of hydrogen-bond donors (Lipinski definition) is 0. The number of para-hydroxylation sites is 1. The molecule has 0 bridgehead atoms. The Morgan fingerprint density at radius 3 is 2.19 bits per heavy atom. The molecule has 0 N–H and O–H groups in total. The molecule has 2 nitrogen and oxygen atoms in total. The fraction of sp³-hybridized carbons (Fsp3) is 0. The molecule has 5 heteroatoms. The summed E-state index contributed by atoms with van der Waals surface area (Å²) in [5.74, 6) is 0.391. The molecule has 0 amide bonds. The molecule has 0 aliphatic rings. The first-order valence-corrected chi connectivity index (χ1v) is 8.60. The van der Waals surface area contributed by atoms with E-state index in [1.165, 1.54) is 12.1 Å². The predicted molar refractivity (Wildman–Crippen MR) is 105 cm³/mol. The van der Waals surface area contributed by atoms with Crippen molar-refractivity contribution in [1.82, 2.24) is 4.98 Å². The largest absolute Gasteiger partial charge is 0.550 e. The van der Waals surface area contributed by atoms with Gasteiger partial charge >= 0.3 is 6.92 Å². The Bertz CT molecular complexity index is 987. The van der Waals surface area contributed by atoms with Crippen molar-refractivity contribution in [3.63, 3.8) is 0 Å². The predicted octanol–water partition coefficient (Wildman–Crippen LogP) is 4.21. The maximum Gasteiger partial charge on any atom is 0.426 e. The molecule has 4 aromatic rings. The van der Waals surface area contributed by atoms with Crippen LogP contribution >= 0.6 is 11.6 Å². The average Bonchev–Trinajstić information content (AvgIpc) is 2.68. The van der Waals surface area contributed by atoms with E-state index in [1.54, 1.807) is 18.3 Å². The van der Waals surface area contributed by atoms with Crippen LogP contribution in [-0.4, -0.2) is 11.9 Å². The van der Waals surface area contributed by atoms with Crippen LogP contribution in [0.3, 0.4) is 0 Å². The summed E-state index contributed by atoms with van der Waals surface area (Å²) in [7, 11) is 0. The molecular formula is C21H14BClFNO. The van der Waals surface area contributed by atoms with Gasteiger partial charge in [0.15, 0.2) is 0 Å². The van der Waals surface area contributed by atoms with Gasteiger partial charge in [-0.2, -0.15) is 0 Å². The van der Waals surface area contributed by atoms with Gasteiger partial charge in [0.2, 0.25) is 0 Å². The van der Waals surface area contributed by atoms with Crippen molar-refractivity contribution in [3.8, 4) is 5.75 Å². The van der Waals surface area contributed by atoms with Crippen molar-refractivity contribution in [2.24, 2.45) is 0 Å². The minimum atomic E-state index is -0.402. The molecule has 0 saturated carbocycles. The first-order chi connectivity index (χ1) is 12.7. The molecule has 0 unspecified atom stereocenters. The van der Waals surface area contributed by atoms with Crippen molar-refractivity contribution < 1.29 is 9.04 Å². The molecule has 0 aliphatic heterocycles. The van der Waals surface area contributed by atoms with E-state index < -0.39 is 6.92 Å². The molecule has 26 heavy (non-hydrogen) atoms. The summed E-state index contributed by atoms with van der Waals surface area (Å²) in [6.45, 7) is -0.402. The Morgan fingerprint density at radius 2 is 1.46 bits per heavy atom. The van der Waals surface area contributed by atoms with Gasteiger partial charge in [-0.15, -0.1) is 0 Å². The van der Waals surface area contributed by atoms with Crippen molar-refractivity contribution in [2.75, 3.05) is 0 Å². The molecule has 1 aromatic heterocycles. The summed E-state index contributed by atoms with van der Waals surface area (Å²) in [6, 6.07) is 23.5. The maximum absolute atomic E-state index is 13.4. The van der Waals surface area contributed by atoms with Crippen LogP contribution < -0.4 is 15.6 Å². The summed E-state index contributed by atoms with van der Waals surface area (Å²) in [6.07, 6.45) is 1.74. The van der Waals surface area contributed by atoms with E-state index in [0.29, 0.717) is 10.8 Å². The molecule has 0 fully saturated rings. The highest BCUT2D eigenvalue weighted by molar-refractivity contribution is 6.80. The third-order valence-electron chi connectivity index (χ3n) is 4.19. The van der Waals surface area contributed by atoms with Crippen LogP contribution in [0.15, 0.2) is 85.1 Å². The Labute approximate surface area is 156 Å². The van der Waals surface area contributed by atoms with Crippen LogP contribution in [0.4, 0.5) is 4.39 Å². The van der Waals surface area contributed by atoms with Gasteiger partial charge < -0.3 is 4.65 Å². The highest BCUT2D eigenvalue weighted by Crippen LogP contribution is 2.23. The lowest BCUT2D eigenvalue weighted by Gasteiger charge is -2.18. The van der Waals surface area contributed by atoms with E-state index in [1.807, 2.05) is 54.6 Å². The van der Waals surface area contributed by atoms with Crippen LogP contribution in [0.25, 0.3) is 10.9 Å². The number of rotatable bonds is 4. The Hall–Kier alpha value is -2.85. The Morgan fingerprint density at radius 1 is 0.808 bits per heavy atom. The number of fused-ring (bicyclic) bond motifs is 1. The lowest BCUT2D eigenvalue weighted by molar-refractivity contribution is 0.596. The molecule has 0 atom stereocenters. The molecule has 126 valence electrons. The molecular weight excluding hydrogens is 348 g/mol. The van der Waals surface area contributed by atoms with E-state index in [4.69, 9.17) is 16.3 Å². The van der Waals surface area contributed by atoms with Gasteiger partial charge in [-0.05, 0) is 47.3 Å². The first-order valence-electron chi connectivity index (χ1n) is 8.22. The van der Waals surface area contributed by atoms with Crippen LogP contribution in [0.2, 0.25) is 5.02 Å². The van der Waals surface area contributed by atoms with Gasteiger partial charge in [0.25, 0.3) is 0 Å². The number of nitrogens with zero attached hydrogens (tertiary/aromatic N) is 1. The minimum Gasteiger partial charge on any atom is -0.550 e. The second-order valence-corrected chi connectivity index (χ2v) is 6.37. The van der Waals surface area contributed by atoms with Gasteiger partial charge in [0.05, 0.1) is 0 Å². The van der Waals surface area contributed by atoms with Crippen LogP contribution in [0, 0.1) is 5.82 Å². The van der Waals surface area contributed by atoms with E-state index in [9.17, 15) is 4.39 Å². The second kappa shape index (κ2) is 7.18. The molecule has 0 saturated heterocycles. The van der Waals surface area contributed by atoms with E-state index in [0.717, 1.165) is 21.8 Å². The second-order valence-electron chi connectivity index (χ2n) is 5.93. The molecule has 0 radical (unpaired) electrons. The van der Waals surface area contributed by atoms with Gasteiger partial charge in [0.1, 0.15) is 17.1 Å². The first kappa shape index (κ1) is 16.6. The van der Waals surface area contributed by atoms with Crippen LogP contribution in [0.5, 0.6) is 5.75 Å². The SMILES string of the molecule is Fc1ccc(B(Oc2cccc3cccnc23)c2ccc(Cl)cc2)cc1. The summed E-state index contributed by atoms with van der Waals surface area (Å²) < 4.78 is 19.7. The average molecular weight is 362 g/mol. The van der Waals surface area contributed by atoms with Crippen LogP contribution in [0.1, 0.15) is 0 Å². The highest BCUT2D eigenvalue weighted by Gasteiger charge is 2.24. The van der Waals surface area contributed by atoms with Gasteiger partial charge in [-0.1, -0.05) is 54.1 Å². The maximum atomic E-state index is 13.4. The molecule has 4 rings (SSSR count). The zero-order valence-corrected chi connectivity index (χ0v) is 14.5. The molecule has 0 spiro atoms. The molecule has 1 heterocycles. The zero-order valence-electron chi connectivity index (χ0n) is 13.8. The van der Waals surface area contributed by atoms with Gasteiger partial charge in [-0.25, -0.2) is 4.39 Å². The van der Waals surface area contributed by atoms with Crippen molar-refractivity contribution in [1.29, 1.82) is 0 Å². The zero-order chi connectivity index (χ0) is 17.9. The fourth-order valence-corrected chi connectivity index (χ4v) is 3.03. The van der Waals surface area contributed by atoms with Crippen molar-refractivity contribution in [2.45, 2.75) is 0 Å². The number of benzene rings is 3. The quantitative estimate of drug-likeness (QED) is 0.508. The minimum absolute atomic E-state index is 0.282. The summed E-state index contributed by atoms with van der Waals surface area (Å²) in [5, 5.41) is 1.65. The third-order valence-corrected chi connectivity index (χ3v) is 4.44. The van der Waals surface area contributed by atoms with E-state index in [2.05, 4.69) is 4.98 Å². The topological polar surface area (TPSA) is 22.1 Å². The van der Waals surface area contributed by atoms with Crippen LogP contribution in [-0.2, 0) is 0 Å². The third kappa shape index (κ3) is 3.42. The lowest BCUT2D eigenvalue weighted by atomic mass is 9.55. The van der Waals surface area contributed by atoms with E-state index >= 15 is 0 Å². The number of pyridine rings is 1. The molecule has 0 aliphatic carbocycles. The number of halogens is 2. The lowest BCUT2D eigenvalue weighted by Crippen LogP contribution is -2.47. The fourth-order valence-electron chi connectivity index (χ4n) is 2.90. The van der Waals surface area contributed by atoms with E-state index in [-0.39, 0.29) is 5.82 Å². The van der Waals surface area contributed by atoms with Gasteiger partial charge in [-0.3, -0.25) is 4.98 Å². The summed E-state index contributed by atoms with van der Waals surface area (Å²) >= 11 is 6.02. The highest BCUT2D eigenvalue weighted by atomic mass is 35.5. The van der Waals surface area contributed by atoms with Crippen molar-refractivity contribution >= 4 is 40.3 Å². The normalized spacial score (nSPS) is 10.7. The Balaban J connectivity index is 1.79. The summed E-state index contributed by atoms with van der Waals surface area (Å²) in [4.78, 5) is 4.44.